The molecule has 1 fully saturated rings. The van der Waals surface area contributed by atoms with Crippen molar-refractivity contribution < 1.29 is 0 Å². The number of nitrogens with two attached hydrogens (primary N) is 1. The summed E-state index contributed by atoms with van der Waals surface area (Å²) in [5.74, 6) is 0. The van der Waals surface area contributed by atoms with Crippen molar-refractivity contribution in [2.45, 2.75) is 18.4 Å². The van der Waals surface area contributed by atoms with Crippen LogP contribution < -0.4 is 11.1 Å². The summed E-state index contributed by atoms with van der Waals surface area (Å²) >= 11 is 0. The number of rotatable bonds is 1. The van der Waals surface area contributed by atoms with Gasteiger partial charge in [-0.3, -0.25) is 0 Å². The van der Waals surface area contributed by atoms with E-state index in [0.717, 1.165) is 19.5 Å². The molecule has 11 heavy (non-hydrogen) atoms. The van der Waals surface area contributed by atoms with Gasteiger partial charge in [0.25, 0.3) is 0 Å². The van der Waals surface area contributed by atoms with E-state index in [2.05, 4.69) is 11.4 Å². The molecule has 0 aliphatic carbocycles. The number of nitrogens with one attached hydrogen (secondary N) is 1. The van der Waals surface area contributed by atoms with E-state index in [9.17, 15) is 0 Å². The normalized spacial score (nSPS) is 28.0. The van der Waals surface area contributed by atoms with Crippen molar-refractivity contribution >= 4 is 24.8 Å². The van der Waals surface area contributed by atoms with Gasteiger partial charge in [0.1, 0.15) is 0 Å². The summed E-state index contributed by atoms with van der Waals surface area (Å²) in [7, 11) is 0. The van der Waals surface area contributed by atoms with Crippen LogP contribution >= 0.6 is 24.8 Å². The molecule has 0 aromatic heterocycles. The topological polar surface area (TPSA) is 61.8 Å². The summed E-state index contributed by atoms with van der Waals surface area (Å²) in [5, 5.41) is 11.5. The Bertz CT molecular complexity index is 137. The van der Waals surface area contributed by atoms with Crippen LogP contribution in [-0.4, -0.2) is 18.6 Å². The first kappa shape index (κ1) is 13.6. The quantitative estimate of drug-likeness (QED) is 0.642. The highest BCUT2D eigenvalue weighted by Crippen LogP contribution is 2.13. The van der Waals surface area contributed by atoms with Crippen molar-refractivity contribution in [2.24, 2.45) is 5.73 Å². The molecule has 0 aromatic carbocycles. The fourth-order valence-corrected chi connectivity index (χ4v) is 1.07. The van der Waals surface area contributed by atoms with Gasteiger partial charge in [-0.15, -0.1) is 24.8 Å². The average molecular weight is 198 g/mol. The van der Waals surface area contributed by atoms with Gasteiger partial charge >= 0.3 is 0 Å². The molecular weight excluding hydrogens is 185 g/mol. The lowest BCUT2D eigenvalue weighted by Gasteiger charge is -2.17. The molecule has 1 aliphatic rings. The predicted octanol–water partition coefficient (Wildman–Crippen LogP) is 0.434. The summed E-state index contributed by atoms with van der Waals surface area (Å²) in [6, 6.07) is 2.09. The zero-order valence-electron chi connectivity index (χ0n) is 6.17. The third kappa shape index (κ3) is 3.78. The van der Waals surface area contributed by atoms with Gasteiger partial charge < -0.3 is 11.1 Å². The van der Waals surface area contributed by atoms with E-state index in [-0.39, 0.29) is 30.4 Å². The van der Waals surface area contributed by atoms with E-state index in [1.54, 1.807) is 0 Å². The van der Waals surface area contributed by atoms with Gasteiger partial charge in [0, 0.05) is 12.1 Å². The van der Waals surface area contributed by atoms with Gasteiger partial charge in [-0.25, -0.2) is 0 Å². The number of hydrogen-bond acceptors (Lipinski definition) is 3. The van der Waals surface area contributed by atoms with Crippen LogP contribution in [-0.2, 0) is 0 Å². The lowest BCUT2D eigenvalue weighted by atomic mass is 9.97. The number of halogens is 2. The fraction of sp³-hybridized carbons (Fsp3) is 0.833. The maximum absolute atomic E-state index is 8.33. The molecule has 1 saturated heterocycles. The molecule has 66 valence electrons. The average Bonchev–Trinajstić information content (AvgIpc) is 2.16. The molecule has 0 saturated carbocycles. The second kappa shape index (κ2) is 5.62. The van der Waals surface area contributed by atoms with Crippen molar-refractivity contribution in [1.29, 1.82) is 5.26 Å². The first-order valence-electron chi connectivity index (χ1n) is 3.13. The van der Waals surface area contributed by atoms with Crippen molar-refractivity contribution in [2.75, 3.05) is 13.1 Å². The lowest BCUT2D eigenvalue weighted by Crippen LogP contribution is -2.41. The maximum atomic E-state index is 8.33. The van der Waals surface area contributed by atoms with Crippen molar-refractivity contribution in [1.82, 2.24) is 5.32 Å². The molecule has 1 unspecified atom stereocenters. The number of hydrogen-bond donors (Lipinski definition) is 2. The molecule has 5 heteroatoms. The SMILES string of the molecule is Cl.Cl.N#CCC1(N)CCNC1. The summed E-state index contributed by atoms with van der Waals surface area (Å²) in [4.78, 5) is 0. The highest BCUT2D eigenvalue weighted by molar-refractivity contribution is 5.85. The van der Waals surface area contributed by atoms with Crippen LogP contribution in [0.3, 0.4) is 0 Å². The molecule has 1 aliphatic heterocycles. The van der Waals surface area contributed by atoms with Gasteiger partial charge in [0.2, 0.25) is 0 Å². The van der Waals surface area contributed by atoms with E-state index < -0.39 is 0 Å². The second-order valence-electron chi connectivity index (χ2n) is 2.62. The Morgan fingerprint density at radius 3 is 2.55 bits per heavy atom. The molecule has 3 nitrogen and oxygen atoms in total. The minimum atomic E-state index is -0.227. The van der Waals surface area contributed by atoms with Crippen LogP contribution in [0, 0.1) is 11.3 Å². The Kier molecular flexibility index (Phi) is 6.93. The van der Waals surface area contributed by atoms with Gasteiger partial charge in [0.05, 0.1) is 12.5 Å². The summed E-state index contributed by atoms with van der Waals surface area (Å²) < 4.78 is 0. The van der Waals surface area contributed by atoms with E-state index in [1.807, 2.05) is 0 Å². The smallest absolute Gasteiger partial charge is 0.0641 e. The Balaban J connectivity index is 0. The largest absolute Gasteiger partial charge is 0.323 e. The number of nitrogens with zero attached hydrogens (tertiary/aromatic N) is 1. The molecule has 1 atom stereocenters. The minimum Gasteiger partial charge on any atom is -0.323 e. The zero-order valence-corrected chi connectivity index (χ0v) is 7.80. The number of nitriles is 1. The molecule has 0 aromatic rings. The van der Waals surface area contributed by atoms with Crippen LogP contribution in [0.1, 0.15) is 12.8 Å². The van der Waals surface area contributed by atoms with Gasteiger partial charge in [0.15, 0.2) is 0 Å². The molecule has 0 amide bonds. The summed E-state index contributed by atoms with van der Waals surface area (Å²) in [5.41, 5.74) is 5.56. The van der Waals surface area contributed by atoms with Gasteiger partial charge in [-0.2, -0.15) is 5.26 Å². The molecule has 1 heterocycles. The van der Waals surface area contributed by atoms with E-state index in [4.69, 9.17) is 11.0 Å². The highest BCUT2D eigenvalue weighted by Gasteiger charge is 2.28. The van der Waals surface area contributed by atoms with Crippen LogP contribution in [0.15, 0.2) is 0 Å². The van der Waals surface area contributed by atoms with Crippen LogP contribution in [0.25, 0.3) is 0 Å². The third-order valence-electron chi connectivity index (χ3n) is 1.71. The van der Waals surface area contributed by atoms with Crippen LogP contribution in [0.2, 0.25) is 0 Å². The Morgan fingerprint density at radius 2 is 2.18 bits per heavy atom. The summed E-state index contributed by atoms with van der Waals surface area (Å²) in [6.45, 7) is 1.75. The Morgan fingerprint density at radius 1 is 1.55 bits per heavy atom. The van der Waals surface area contributed by atoms with Crippen molar-refractivity contribution in [3.05, 3.63) is 0 Å². The standard InChI is InChI=1S/C6H11N3.2ClH/c7-3-1-6(8)2-4-9-5-6;;/h9H,1-2,4-5,8H2;2*1H. The Labute approximate surface area is 79.1 Å². The first-order chi connectivity index (χ1) is 4.27. The van der Waals surface area contributed by atoms with Crippen molar-refractivity contribution in [3.8, 4) is 6.07 Å². The maximum Gasteiger partial charge on any atom is 0.0641 e. The lowest BCUT2D eigenvalue weighted by molar-refractivity contribution is 0.479. The van der Waals surface area contributed by atoms with E-state index in [0.29, 0.717) is 6.42 Å². The van der Waals surface area contributed by atoms with E-state index in [1.165, 1.54) is 0 Å². The monoisotopic (exact) mass is 197 g/mol. The molecule has 1 rings (SSSR count). The summed E-state index contributed by atoms with van der Waals surface area (Å²) in [6.07, 6.45) is 1.40. The Hall–Kier alpha value is -0.0100. The first-order valence-corrected chi connectivity index (χ1v) is 3.13. The minimum absolute atomic E-state index is 0. The highest BCUT2D eigenvalue weighted by atomic mass is 35.5. The van der Waals surface area contributed by atoms with Crippen LogP contribution in [0.5, 0.6) is 0 Å². The molecule has 0 radical (unpaired) electrons. The molecule has 3 N–H and O–H groups in total. The predicted molar refractivity (Wildman–Crippen MR) is 49.1 cm³/mol. The van der Waals surface area contributed by atoms with Crippen LogP contribution in [0.4, 0.5) is 0 Å². The van der Waals surface area contributed by atoms with Crippen molar-refractivity contribution in [3.63, 3.8) is 0 Å². The molecular formula is C6H13Cl2N3. The van der Waals surface area contributed by atoms with Gasteiger partial charge in [-0.05, 0) is 13.0 Å². The zero-order chi connectivity index (χ0) is 6.74. The molecule has 0 bridgehead atoms. The fourth-order valence-electron chi connectivity index (χ4n) is 1.07. The van der Waals surface area contributed by atoms with E-state index >= 15 is 0 Å². The third-order valence-corrected chi connectivity index (χ3v) is 1.71. The molecule has 0 spiro atoms. The van der Waals surface area contributed by atoms with Gasteiger partial charge in [-0.1, -0.05) is 0 Å². The second-order valence-corrected chi connectivity index (χ2v) is 2.62.